The summed E-state index contributed by atoms with van der Waals surface area (Å²) < 4.78 is 8.17. The summed E-state index contributed by atoms with van der Waals surface area (Å²) >= 11 is 0. The lowest BCUT2D eigenvalue weighted by Crippen LogP contribution is -2.17. The van der Waals surface area contributed by atoms with Crippen LogP contribution in [-0.4, -0.2) is 11.2 Å². The van der Waals surface area contributed by atoms with Crippen LogP contribution in [0.5, 0.6) is 5.75 Å². The number of nitrogens with zero attached hydrogens (tertiary/aromatic N) is 1. The number of pyridine rings is 1. The van der Waals surface area contributed by atoms with Gasteiger partial charge in [-0.1, -0.05) is 44.2 Å². The first-order valence-corrected chi connectivity index (χ1v) is 9.14. The van der Waals surface area contributed by atoms with Gasteiger partial charge >= 0.3 is 0 Å². The van der Waals surface area contributed by atoms with Crippen LogP contribution < -0.4 is 10.2 Å². The van der Waals surface area contributed by atoms with Crippen molar-refractivity contribution in [3.8, 4) is 17.0 Å². The zero-order chi connectivity index (χ0) is 19.0. The van der Waals surface area contributed by atoms with E-state index in [1.165, 1.54) is 0 Å². The summed E-state index contributed by atoms with van der Waals surface area (Å²) in [5.74, 6) is 1.28. The molecule has 0 fully saturated rings. The van der Waals surface area contributed by atoms with E-state index in [2.05, 4.69) is 31.4 Å². The molecule has 3 rings (SSSR count). The van der Waals surface area contributed by atoms with Crippen LogP contribution in [0.25, 0.3) is 22.2 Å². The first kappa shape index (κ1) is 18.2. The van der Waals surface area contributed by atoms with Gasteiger partial charge in [0, 0.05) is 18.2 Å². The van der Waals surface area contributed by atoms with Crippen molar-refractivity contribution < 1.29 is 4.74 Å². The van der Waals surface area contributed by atoms with Crippen molar-refractivity contribution in [3.63, 3.8) is 0 Å². The van der Waals surface area contributed by atoms with Crippen LogP contribution in [0.15, 0.2) is 41.2 Å². The van der Waals surface area contributed by atoms with Crippen molar-refractivity contribution >= 4 is 10.9 Å². The van der Waals surface area contributed by atoms with Crippen molar-refractivity contribution in [2.24, 2.45) is 13.0 Å². The van der Waals surface area contributed by atoms with Crippen LogP contribution in [0.1, 0.15) is 30.5 Å². The van der Waals surface area contributed by atoms with E-state index in [4.69, 9.17) is 4.74 Å². The Morgan fingerprint density at radius 2 is 1.69 bits per heavy atom. The van der Waals surface area contributed by atoms with E-state index < -0.39 is 0 Å². The summed E-state index contributed by atoms with van der Waals surface area (Å²) in [6.45, 7) is 10.9. The molecule has 0 unspecified atom stereocenters. The quantitative estimate of drug-likeness (QED) is 0.651. The molecular weight excluding hydrogens is 322 g/mol. The normalized spacial score (nSPS) is 11.3. The van der Waals surface area contributed by atoms with Crippen LogP contribution in [0.4, 0.5) is 0 Å². The molecule has 0 saturated heterocycles. The van der Waals surface area contributed by atoms with Crippen molar-refractivity contribution in [2.75, 3.05) is 6.61 Å². The first-order chi connectivity index (χ1) is 12.3. The maximum absolute atomic E-state index is 13.2. The minimum absolute atomic E-state index is 0.0869. The van der Waals surface area contributed by atoms with E-state index in [1.54, 1.807) is 0 Å². The van der Waals surface area contributed by atoms with Gasteiger partial charge in [-0.25, -0.2) is 0 Å². The molecule has 0 atom stereocenters. The number of hydrogen-bond acceptors (Lipinski definition) is 2. The SMILES string of the molecule is Cc1cc2c(c(C)c1OCC(C)C)c(=O)c(C)c(-c1ccccc1)n2C. The summed E-state index contributed by atoms with van der Waals surface area (Å²) in [6, 6.07) is 12.2. The summed E-state index contributed by atoms with van der Waals surface area (Å²) in [6.07, 6.45) is 0. The van der Waals surface area contributed by atoms with E-state index in [0.29, 0.717) is 12.5 Å². The Hall–Kier alpha value is -2.55. The van der Waals surface area contributed by atoms with Gasteiger partial charge in [0.15, 0.2) is 5.43 Å². The zero-order valence-corrected chi connectivity index (χ0v) is 16.5. The summed E-state index contributed by atoms with van der Waals surface area (Å²) in [7, 11) is 2.03. The Morgan fingerprint density at radius 1 is 1.04 bits per heavy atom. The second-order valence-electron chi connectivity index (χ2n) is 7.47. The molecule has 0 N–H and O–H groups in total. The Bertz CT molecular complexity index is 1010. The van der Waals surface area contributed by atoms with Gasteiger partial charge in [-0.2, -0.15) is 0 Å². The third-order valence-electron chi connectivity index (χ3n) is 4.91. The molecule has 0 bridgehead atoms. The monoisotopic (exact) mass is 349 g/mol. The fourth-order valence-electron chi connectivity index (χ4n) is 3.64. The van der Waals surface area contributed by atoms with Crippen LogP contribution in [0.3, 0.4) is 0 Å². The first-order valence-electron chi connectivity index (χ1n) is 9.14. The van der Waals surface area contributed by atoms with Crippen LogP contribution in [-0.2, 0) is 7.05 Å². The summed E-state index contributed by atoms with van der Waals surface area (Å²) in [5.41, 5.74) is 5.83. The Morgan fingerprint density at radius 3 is 2.31 bits per heavy atom. The van der Waals surface area contributed by atoms with Crippen LogP contribution >= 0.6 is 0 Å². The fraction of sp³-hybridized carbons (Fsp3) is 0.348. The molecule has 136 valence electrons. The number of ether oxygens (including phenoxy) is 1. The van der Waals surface area contributed by atoms with E-state index in [1.807, 2.05) is 51.2 Å². The highest BCUT2D eigenvalue weighted by molar-refractivity contribution is 5.89. The minimum atomic E-state index is 0.0869. The van der Waals surface area contributed by atoms with E-state index in [0.717, 1.165) is 44.6 Å². The zero-order valence-electron chi connectivity index (χ0n) is 16.5. The van der Waals surface area contributed by atoms with Crippen molar-refractivity contribution in [1.82, 2.24) is 4.57 Å². The smallest absolute Gasteiger partial charge is 0.193 e. The highest BCUT2D eigenvalue weighted by Gasteiger charge is 2.19. The van der Waals surface area contributed by atoms with Gasteiger partial charge < -0.3 is 9.30 Å². The highest BCUT2D eigenvalue weighted by Crippen LogP contribution is 2.33. The van der Waals surface area contributed by atoms with Gasteiger partial charge in [-0.3, -0.25) is 4.79 Å². The predicted octanol–water partition coefficient (Wildman–Crippen LogP) is 5.17. The van der Waals surface area contributed by atoms with Gasteiger partial charge in [0.2, 0.25) is 0 Å². The number of aromatic nitrogens is 1. The average molecular weight is 349 g/mol. The lowest BCUT2D eigenvalue weighted by atomic mass is 9.98. The molecule has 2 aromatic carbocycles. The summed E-state index contributed by atoms with van der Waals surface area (Å²) in [5, 5.41) is 0.758. The number of aryl methyl sites for hydroxylation is 3. The Kier molecular flexibility index (Phi) is 4.90. The van der Waals surface area contributed by atoms with E-state index in [-0.39, 0.29) is 5.43 Å². The third kappa shape index (κ3) is 3.03. The maximum atomic E-state index is 13.2. The topological polar surface area (TPSA) is 31.2 Å². The molecule has 26 heavy (non-hydrogen) atoms. The number of benzene rings is 2. The number of fused-ring (bicyclic) bond motifs is 1. The number of hydrogen-bond donors (Lipinski definition) is 0. The number of rotatable bonds is 4. The van der Waals surface area contributed by atoms with Crippen molar-refractivity contribution in [1.29, 1.82) is 0 Å². The Labute approximate surface area is 155 Å². The maximum Gasteiger partial charge on any atom is 0.193 e. The van der Waals surface area contributed by atoms with Gasteiger partial charge in [0.1, 0.15) is 5.75 Å². The lowest BCUT2D eigenvalue weighted by molar-refractivity contribution is 0.268. The standard InChI is InChI=1S/C23H27NO2/c1-14(2)13-26-23-15(3)12-19-20(16(23)4)22(25)17(5)21(24(19)6)18-10-8-7-9-11-18/h7-12,14H,13H2,1-6H3. The molecule has 1 heterocycles. The highest BCUT2D eigenvalue weighted by atomic mass is 16.5. The van der Waals surface area contributed by atoms with Crippen molar-refractivity contribution in [2.45, 2.75) is 34.6 Å². The lowest BCUT2D eigenvalue weighted by Gasteiger charge is -2.20. The average Bonchev–Trinajstić information content (AvgIpc) is 2.60. The molecule has 3 heteroatoms. The van der Waals surface area contributed by atoms with Gasteiger partial charge in [0.25, 0.3) is 0 Å². The Balaban J connectivity index is 2.33. The minimum Gasteiger partial charge on any atom is -0.493 e. The van der Waals surface area contributed by atoms with Crippen LogP contribution in [0.2, 0.25) is 0 Å². The van der Waals surface area contributed by atoms with Gasteiger partial charge in [-0.15, -0.1) is 0 Å². The molecule has 0 radical (unpaired) electrons. The van der Waals surface area contributed by atoms with E-state index >= 15 is 0 Å². The molecule has 0 saturated carbocycles. The van der Waals surface area contributed by atoms with Crippen LogP contribution in [0, 0.1) is 26.7 Å². The molecule has 3 nitrogen and oxygen atoms in total. The molecule has 3 aromatic rings. The van der Waals surface area contributed by atoms with Gasteiger partial charge in [0.05, 0.1) is 23.2 Å². The third-order valence-corrected chi connectivity index (χ3v) is 4.91. The second kappa shape index (κ2) is 6.99. The van der Waals surface area contributed by atoms with Crippen molar-refractivity contribution in [3.05, 3.63) is 63.3 Å². The molecule has 0 aliphatic carbocycles. The molecule has 0 aliphatic heterocycles. The largest absolute Gasteiger partial charge is 0.493 e. The molecule has 1 aromatic heterocycles. The predicted molar refractivity (Wildman–Crippen MR) is 109 cm³/mol. The molecular formula is C23H27NO2. The molecule has 0 amide bonds. The molecule has 0 aliphatic rings. The van der Waals surface area contributed by atoms with Gasteiger partial charge in [-0.05, 0) is 43.9 Å². The molecule has 0 spiro atoms. The van der Waals surface area contributed by atoms with E-state index in [9.17, 15) is 4.79 Å². The second-order valence-corrected chi connectivity index (χ2v) is 7.47. The fourth-order valence-corrected chi connectivity index (χ4v) is 3.64. The summed E-state index contributed by atoms with van der Waals surface area (Å²) in [4.78, 5) is 13.2.